The Balaban J connectivity index is 3.06. The molecule has 0 amide bonds. The van der Waals surface area contributed by atoms with E-state index in [9.17, 15) is 4.39 Å². The molecule has 0 radical (unpaired) electrons. The molecule has 0 heterocycles. The molecule has 1 aromatic carbocycles. The number of rotatable bonds is 4. The summed E-state index contributed by atoms with van der Waals surface area (Å²) in [4.78, 5) is 0. The summed E-state index contributed by atoms with van der Waals surface area (Å²) in [5, 5.41) is 0. The van der Waals surface area contributed by atoms with E-state index in [0.29, 0.717) is 22.3 Å². The van der Waals surface area contributed by atoms with Crippen LogP contribution < -0.4 is 10.5 Å². The zero-order valence-electron chi connectivity index (χ0n) is 8.89. The van der Waals surface area contributed by atoms with Crippen LogP contribution in [0.2, 0.25) is 0 Å². The molecule has 0 fully saturated rings. The van der Waals surface area contributed by atoms with Crippen LogP contribution in [-0.4, -0.2) is 13.7 Å². The Morgan fingerprint density at radius 3 is 2.73 bits per heavy atom. The van der Waals surface area contributed by atoms with Crippen molar-refractivity contribution in [2.24, 2.45) is 5.73 Å². The third-order valence-electron chi connectivity index (χ3n) is 2.43. The van der Waals surface area contributed by atoms with Crippen molar-refractivity contribution in [3.05, 3.63) is 28.0 Å². The van der Waals surface area contributed by atoms with Gasteiger partial charge in [-0.3, -0.25) is 0 Å². The number of ether oxygens (including phenoxy) is 1. The third kappa shape index (κ3) is 2.69. The molecular formula is C11H15BrFNO. The van der Waals surface area contributed by atoms with Gasteiger partial charge in [-0.25, -0.2) is 4.39 Å². The predicted octanol–water partition coefficient (Wildman–Crippen LogP) is 3.05. The van der Waals surface area contributed by atoms with Gasteiger partial charge in [0.1, 0.15) is 11.6 Å². The van der Waals surface area contributed by atoms with E-state index >= 15 is 0 Å². The number of hydrogen-bond donors (Lipinski definition) is 1. The fourth-order valence-electron chi connectivity index (χ4n) is 1.49. The van der Waals surface area contributed by atoms with Crippen LogP contribution in [0.4, 0.5) is 4.39 Å². The fourth-order valence-corrected chi connectivity index (χ4v) is 2.01. The number of halogens is 2. The van der Waals surface area contributed by atoms with Gasteiger partial charge in [0.15, 0.2) is 0 Å². The van der Waals surface area contributed by atoms with Crippen LogP contribution in [0.3, 0.4) is 0 Å². The van der Waals surface area contributed by atoms with Crippen LogP contribution in [0.15, 0.2) is 16.6 Å². The highest BCUT2D eigenvalue weighted by Crippen LogP contribution is 2.33. The molecule has 15 heavy (non-hydrogen) atoms. The molecule has 84 valence electrons. The highest BCUT2D eigenvalue weighted by Gasteiger charge is 2.15. The Labute approximate surface area is 97.7 Å². The van der Waals surface area contributed by atoms with Crippen molar-refractivity contribution in [3.63, 3.8) is 0 Å². The van der Waals surface area contributed by atoms with Gasteiger partial charge in [-0.05, 0) is 46.4 Å². The summed E-state index contributed by atoms with van der Waals surface area (Å²) in [5.41, 5.74) is 6.13. The normalized spacial score (nSPS) is 12.6. The van der Waals surface area contributed by atoms with Crippen LogP contribution in [0.1, 0.15) is 24.8 Å². The van der Waals surface area contributed by atoms with E-state index in [0.717, 1.165) is 6.42 Å². The molecule has 1 atom stereocenters. The summed E-state index contributed by atoms with van der Waals surface area (Å²) >= 11 is 3.18. The minimum atomic E-state index is -0.254. The minimum Gasteiger partial charge on any atom is -0.495 e. The van der Waals surface area contributed by atoms with E-state index in [1.165, 1.54) is 7.11 Å². The van der Waals surface area contributed by atoms with Gasteiger partial charge in [0.25, 0.3) is 0 Å². The first-order valence-electron chi connectivity index (χ1n) is 4.83. The molecule has 0 aliphatic rings. The first kappa shape index (κ1) is 12.5. The predicted molar refractivity (Wildman–Crippen MR) is 62.7 cm³/mol. The Morgan fingerprint density at radius 2 is 2.20 bits per heavy atom. The Bertz CT molecular complexity index is 344. The van der Waals surface area contributed by atoms with Gasteiger partial charge in [-0.2, -0.15) is 0 Å². The highest BCUT2D eigenvalue weighted by molar-refractivity contribution is 9.10. The molecule has 1 unspecified atom stereocenters. The van der Waals surface area contributed by atoms with Crippen molar-refractivity contribution in [1.82, 2.24) is 0 Å². The van der Waals surface area contributed by atoms with E-state index in [4.69, 9.17) is 10.5 Å². The van der Waals surface area contributed by atoms with Crippen molar-refractivity contribution in [2.45, 2.75) is 19.3 Å². The monoisotopic (exact) mass is 275 g/mol. The lowest BCUT2D eigenvalue weighted by atomic mass is 9.97. The van der Waals surface area contributed by atoms with Gasteiger partial charge in [-0.15, -0.1) is 0 Å². The average molecular weight is 276 g/mol. The van der Waals surface area contributed by atoms with Crippen LogP contribution in [0.25, 0.3) is 0 Å². The van der Waals surface area contributed by atoms with E-state index in [1.807, 2.05) is 6.92 Å². The van der Waals surface area contributed by atoms with Gasteiger partial charge in [0, 0.05) is 0 Å². The summed E-state index contributed by atoms with van der Waals surface area (Å²) in [5.74, 6) is 0.378. The van der Waals surface area contributed by atoms with Crippen molar-refractivity contribution in [2.75, 3.05) is 13.7 Å². The van der Waals surface area contributed by atoms with Crippen LogP contribution in [0, 0.1) is 5.82 Å². The maximum Gasteiger partial charge on any atom is 0.144 e. The number of methoxy groups -OCH3 is 1. The molecule has 0 saturated carbocycles. The second-order valence-electron chi connectivity index (χ2n) is 3.46. The summed E-state index contributed by atoms with van der Waals surface area (Å²) in [7, 11) is 1.52. The number of nitrogens with two attached hydrogens (primary N) is 1. The van der Waals surface area contributed by atoms with Crippen LogP contribution in [0.5, 0.6) is 5.75 Å². The van der Waals surface area contributed by atoms with Crippen LogP contribution in [-0.2, 0) is 0 Å². The molecule has 0 saturated heterocycles. The molecule has 0 aromatic heterocycles. The SMILES string of the molecule is COc1ccc(C(C)CCN)c(F)c1Br. The van der Waals surface area contributed by atoms with Gasteiger partial charge in [-0.1, -0.05) is 13.0 Å². The Kier molecular flexibility index (Phi) is 4.54. The second-order valence-corrected chi connectivity index (χ2v) is 4.26. The van der Waals surface area contributed by atoms with E-state index < -0.39 is 0 Å². The van der Waals surface area contributed by atoms with E-state index in [-0.39, 0.29) is 11.7 Å². The van der Waals surface area contributed by atoms with Crippen molar-refractivity contribution < 1.29 is 9.13 Å². The van der Waals surface area contributed by atoms with Gasteiger partial charge >= 0.3 is 0 Å². The molecule has 1 rings (SSSR count). The Hall–Kier alpha value is -0.610. The van der Waals surface area contributed by atoms with Gasteiger partial charge in [0.2, 0.25) is 0 Å². The lowest BCUT2D eigenvalue weighted by Gasteiger charge is -2.14. The highest BCUT2D eigenvalue weighted by atomic mass is 79.9. The lowest BCUT2D eigenvalue weighted by Crippen LogP contribution is -2.06. The summed E-state index contributed by atoms with van der Waals surface area (Å²) in [6.45, 7) is 2.52. The molecular weight excluding hydrogens is 261 g/mol. The first-order chi connectivity index (χ1) is 7.11. The molecule has 0 spiro atoms. The topological polar surface area (TPSA) is 35.2 Å². The van der Waals surface area contributed by atoms with Crippen molar-refractivity contribution in [1.29, 1.82) is 0 Å². The summed E-state index contributed by atoms with van der Waals surface area (Å²) < 4.78 is 19.2. The minimum absolute atomic E-state index is 0.122. The summed E-state index contributed by atoms with van der Waals surface area (Å²) in [6.07, 6.45) is 0.774. The molecule has 0 bridgehead atoms. The van der Waals surface area contributed by atoms with Crippen molar-refractivity contribution in [3.8, 4) is 5.75 Å². The van der Waals surface area contributed by atoms with Gasteiger partial charge in [0.05, 0.1) is 11.6 Å². The maximum atomic E-state index is 13.9. The van der Waals surface area contributed by atoms with Crippen molar-refractivity contribution >= 4 is 15.9 Å². The largest absolute Gasteiger partial charge is 0.495 e. The standard InChI is InChI=1S/C11H15BrFNO/c1-7(5-6-14)8-3-4-9(15-2)10(12)11(8)13/h3-4,7H,5-6,14H2,1-2H3. The number of hydrogen-bond acceptors (Lipinski definition) is 2. The Morgan fingerprint density at radius 1 is 1.53 bits per heavy atom. The zero-order chi connectivity index (χ0) is 11.4. The average Bonchev–Trinajstić information content (AvgIpc) is 2.22. The van der Waals surface area contributed by atoms with Gasteiger partial charge < -0.3 is 10.5 Å². The lowest BCUT2D eigenvalue weighted by molar-refractivity contribution is 0.406. The molecule has 0 aliphatic carbocycles. The smallest absolute Gasteiger partial charge is 0.144 e. The number of benzene rings is 1. The quantitative estimate of drug-likeness (QED) is 0.917. The van der Waals surface area contributed by atoms with E-state index in [1.54, 1.807) is 12.1 Å². The second kappa shape index (κ2) is 5.47. The molecule has 1 aromatic rings. The maximum absolute atomic E-state index is 13.9. The molecule has 0 aliphatic heterocycles. The molecule has 2 N–H and O–H groups in total. The molecule has 4 heteroatoms. The molecule has 2 nitrogen and oxygen atoms in total. The zero-order valence-corrected chi connectivity index (χ0v) is 10.5. The summed E-state index contributed by atoms with van der Waals surface area (Å²) in [6, 6.07) is 3.51. The first-order valence-corrected chi connectivity index (χ1v) is 5.63. The van der Waals surface area contributed by atoms with E-state index in [2.05, 4.69) is 15.9 Å². The fraction of sp³-hybridized carbons (Fsp3) is 0.455. The van der Waals surface area contributed by atoms with Crippen LogP contribution >= 0.6 is 15.9 Å². The third-order valence-corrected chi connectivity index (χ3v) is 3.17.